The van der Waals surface area contributed by atoms with Gasteiger partial charge < -0.3 is 15.4 Å². The molecule has 0 aliphatic carbocycles. The molecule has 0 fully saturated rings. The van der Waals surface area contributed by atoms with Gasteiger partial charge in [0.15, 0.2) is 0 Å². The number of ether oxygens (including phenoxy) is 1. The molecule has 2 aromatic carbocycles. The fraction of sp³-hybridized carbons (Fsp3) is 0.190. The van der Waals surface area contributed by atoms with Crippen molar-refractivity contribution in [2.24, 2.45) is 0 Å². The van der Waals surface area contributed by atoms with Crippen LogP contribution in [0.5, 0.6) is 5.75 Å². The Labute approximate surface area is 162 Å². The number of nitrogens with zero attached hydrogens (tertiary/aromatic N) is 2. The van der Waals surface area contributed by atoms with E-state index in [0.717, 1.165) is 17.0 Å². The maximum atomic E-state index is 12.9. The summed E-state index contributed by atoms with van der Waals surface area (Å²) >= 11 is 0. The van der Waals surface area contributed by atoms with Crippen molar-refractivity contribution in [2.75, 3.05) is 5.32 Å². The van der Waals surface area contributed by atoms with Gasteiger partial charge in [0.2, 0.25) is 5.95 Å². The largest absolute Gasteiger partial charge is 0.491 e. The van der Waals surface area contributed by atoms with Crippen molar-refractivity contribution in [3.05, 3.63) is 77.9 Å². The number of hydrogen-bond acceptors (Lipinski definition) is 5. The van der Waals surface area contributed by atoms with Crippen LogP contribution in [0.3, 0.4) is 0 Å². The zero-order chi connectivity index (χ0) is 19.9. The summed E-state index contributed by atoms with van der Waals surface area (Å²) < 4.78 is 18.5. The maximum absolute atomic E-state index is 12.9. The van der Waals surface area contributed by atoms with Gasteiger partial charge in [-0.05, 0) is 61.9 Å². The number of carbonyl (C=O) groups excluding carboxylic acids is 1. The Morgan fingerprint density at radius 1 is 1.07 bits per heavy atom. The van der Waals surface area contributed by atoms with Crippen LogP contribution in [0.25, 0.3) is 0 Å². The molecule has 0 unspecified atom stereocenters. The SMILES string of the molecule is CC(C)Oc1ccc(Nc2nccc(C(=O)NCc3ccc(F)cc3)n2)cc1. The molecule has 1 heterocycles. The highest BCUT2D eigenvalue weighted by Gasteiger charge is 2.09. The van der Waals surface area contributed by atoms with Gasteiger partial charge in [0.05, 0.1) is 6.10 Å². The molecule has 0 saturated heterocycles. The Morgan fingerprint density at radius 3 is 2.46 bits per heavy atom. The predicted molar refractivity (Wildman–Crippen MR) is 105 cm³/mol. The minimum absolute atomic E-state index is 0.104. The quantitative estimate of drug-likeness (QED) is 0.646. The molecule has 0 bridgehead atoms. The average molecular weight is 380 g/mol. The molecule has 144 valence electrons. The molecule has 0 aliphatic rings. The van der Waals surface area contributed by atoms with Gasteiger partial charge in [0.25, 0.3) is 5.91 Å². The second-order valence-electron chi connectivity index (χ2n) is 6.39. The van der Waals surface area contributed by atoms with E-state index in [4.69, 9.17) is 4.74 Å². The van der Waals surface area contributed by atoms with Gasteiger partial charge in [0.1, 0.15) is 17.3 Å². The van der Waals surface area contributed by atoms with Crippen LogP contribution in [0.4, 0.5) is 16.0 Å². The molecule has 0 atom stereocenters. The van der Waals surface area contributed by atoms with E-state index >= 15 is 0 Å². The molecule has 28 heavy (non-hydrogen) atoms. The van der Waals surface area contributed by atoms with E-state index in [0.29, 0.717) is 5.95 Å². The third-order valence-corrected chi connectivity index (χ3v) is 3.74. The average Bonchev–Trinajstić information content (AvgIpc) is 2.69. The van der Waals surface area contributed by atoms with Crippen molar-refractivity contribution in [3.8, 4) is 5.75 Å². The summed E-state index contributed by atoms with van der Waals surface area (Å²) in [7, 11) is 0. The lowest BCUT2D eigenvalue weighted by Gasteiger charge is -2.11. The van der Waals surface area contributed by atoms with E-state index in [1.165, 1.54) is 24.4 Å². The van der Waals surface area contributed by atoms with Crippen LogP contribution in [0.2, 0.25) is 0 Å². The van der Waals surface area contributed by atoms with Gasteiger partial charge in [0, 0.05) is 18.4 Å². The van der Waals surface area contributed by atoms with Crippen molar-refractivity contribution >= 4 is 17.5 Å². The Morgan fingerprint density at radius 2 is 1.79 bits per heavy atom. The topological polar surface area (TPSA) is 76.1 Å². The number of benzene rings is 2. The van der Waals surface area contributed by atoms with E-state index in [9.17, 15) is 9.18 Å². The van der Waals surface area contributed by atoms with Crippen molar-refractivity contribution in [1.82, 2.24) is 15.3 Å². The Balaban J connectivity index is 1.61. The number of carbonyl (C=O) groups is 1. The summed E-state index contributed by atoms with van der Waals surface area (Å²) in [6.07, 6.45) is 1.62. The van der Waals surface area contributed by atoms with Crippen molar-refractivity contribution in [3.63, 3.8) is 0 Å². The highest BCUT2D eigenvalue weighted by molar-refractivity contribution is 5.92. The molecule has 1 amide bonds. The summed E-state index contributed by atoms with van der Waals surface area (Å²) in [4.78, 5) is 20.7. The van der Waals surface area contributed by atoms with Crippen LogP contribution in [-0.4, -0.2) is 22.0 Å². The third-order valence-electron chi connectivity index (χ3n) is 3.74. The minimum atomic E-state index is -0.338. The summed E-state index contributed by atoms with van der Waals surface area (Å²) in [5.41, 5.74) is 1.81. The van der Waals surface area contributed by atoms with E-state index < -0.39 is 0 Å². The van der Waals surface area contributed by atoms with Crippen LogP contribution in [0, 0.1) is 5.82 Å². The zero-order valence-electron chi connectivity index (χ0n) is 15.6. The first-order valence-electron chi connectivity index (χ1n) is 8.89. The molecule has 0 saturated carbocycles. The van der Waals surface area contributed by atoms with E-state index in [1.54, 1.807) is 12.1 Å². The van der Waals surface area contributed by atoms with Gasteiger partial charge in [-0.2, -0.15) is 0 Å². The molecule has 2 N–H and O–H groups in total. The van der Waals surface area contributed by atoms with Gasteiger partial charge in [-0.25, -0.2) is 14.4 Å². The fourth-order valence-corrected chi connectivity index (χ4v) is 2.44. The molecular weight excluding hydrogens is 359 g/mol. The third kappa shape index (κ3) is 5.51. The first-order chi connectivity index (χ1) is 13.5. The highest BCUT2D eigenvalue weighted by Crippen LogP contribution is 2.19. The maximum Gasteiger partial charge on any atom is 0.270 e. The molecule has 3 rings (SSSR count). The van der Waals surface area contributed by atoms with Gasteiger partial charge in [-0.3, -0.25) is 4.79 Å². The van der Waals surface area contributed by atoms with Gasteiger partial charge >= 0.3 is 0 Å². The molecule has 0 aliphatic heterocycles. The molecule has 0 radical (unpaired) electrons. The summed E-state index contributed by atoms with van der Waals surface area (Å²) in [6, 6.07) is 14.9. The lowest BCUT2D eigenvalue weighted by molar-refractivity contribution is 0.0946. The number of hydrogen-bond donors (Lipinski definition) is 2. The molecule has 3 aromatic rings. The number of anilines is 2. The first kappa shape index (κ1) is 19.3. The molecule has 0 spiro atoms. The summed E-state index contributed by atoms with van der Waals surface area (Å²) in [5, 5.41) is 5.82. The van der Waals surface area contributed by atoms with E-state index in [2.05, 4.69) is 20.6 Å². The lowest BCUT2D eigenvalue weighted by atomic mass is 10.2. The Bertz CT molecular complexity index is 928. The fourth-order valence-electron chi connectivity index (χ4n) is 2.44. The molecule has 6 nitrogen and oxygen atoms in total. The Hall–Kier alpha value is -3.48. The summed E-state index contributed by atoms with van der Waals surface area (Å²) in [5.74, 6) is 0.434. The molecule has 1 aromatic heterocycles. The van der Waals surface area contributed by atoms with Crippen LogP contribution >= 0.6 is 0 Å². The van der Waals surface area contributed by atoms with E-state index in [-0.39, 0.29) is 30.1 Å². The normalized spacial score (nSPS) is 10.6. The second-order valence-corrected chi connectivity index (χ2v) is 6.39. The van der Waals surface area contributed by atoms with E-state index in [1.807, 2.05) is 38.1 Å². The monoisotopic (exact) mass is 380 g/mol. The smallest absolute Gasteiger partial charge is 0.270 e. The van der Waals surface area contributed by atoms with Crippen LogP contribution in [0.15, 0.2) is 60.8 Å². The molecule has 7 heteroatoms. The number of aromatic nitrogens is 2. The predicted octanol–water partition coefficient (Wildman–Crippen LogP) is 4.08. The van der Waals surface area contributed by atoms with Crippen LogP contribution in [-0.2, 0) is 6.54 Å². The van der Waals surface area contributed by atoms with Crippen molar-refractivity contribution in [1.29, 1.82) is 0 Å². The second kappa shape index (κ2) is 8.94. The number of amides is 1. The molecular formula is C21H21FN4O2. The lowest BCUT2D eigenvalue weighted by Crippen LogP contribution is -2.24. The van der Waals surface area contributed by atoms with Crippen molar-refractivity contribution < 1.29 is 13.9 Å². The number of nitrogens with one attached hydrogen (secondary N) is 2. The van der Waals surface area contributed by atoms with Crippen LogP contribution in [0.1, 0.15) is 29.9 Å². The van der Waals surface area contributed by atoms with Gasteiger partial charge in [-0.1, -0.05) is 12.1 Å². The first-order valence-corrected chi connectivity index (χ1v) is 8.89. The zero-order valence-corrected chi connectivity index (χ0v) is 15.6. The number of rotatable bonds is 7. The van der Waals surface area contributed by atoms with Crippen LogP contribution < -0.4 is 15.4 Å². The standard InChI is InChI=1S/C21H21FN4O2/c1-14(2)28-18-9-7-17(8-10-18)25-21-23-12-11-19(26-21)20(27)24-13-15-3-5-16(22)6-4-15/h3-12,14H,13H2,1-2H3,(H,24,27)(H,23,25,26). The number of halogens is 1. The highest BCUT2D eigenvalue weighted by atomic mass is 19.1. The minimum Gasteiger partial charge on any atom is -0.491 e. The summed E-state index contributed by atoms with van der Waals surface area (Å²) in [6.45, 7) is 4.21. The van der Waals surface area contributed by atoms with Gasteiger partial charge in [-0.15, -0.1) is 0 Å². The van der Waals surface area contributed by atoms with Crippen molar-refractivity contribution in [2.45, 2.75) is 26.5 Å². The Kier molecular flexibility index (Phi) is 6.16.